The number of carbonyl (C=O) groups excluding carboxylic acids is 3. The van der Waals surface area contributed by atoms with Crippen LogP contribution >= 0.6 is 15.9 Å². The van der Waals surface area contributed by atoms with Crippen molar-refractivity contribution in [2.75, 3.05) is 19.8 Å². The van der Waals surface area contributed by atoms with Gasteiger partial charge >= 0.3 is 5.97 Å². The number of fused-ring (bicyclic) bond motifs is 5. The number of esters is 1. The molecule has 0 spiro atoms. The molecule has 1 saturated carbocycles. The van der Waals surface area contributed by atoms with Crippen LogP contribution in [0.15, 0.2) is 33.9 Å². The minimum absolute atomic E-state index is 0.140. The lowest BCUT2D eigenvalue weighted by atomic mass is 9.85. The molecule has 4 atom stereocenters. The Kier molecular flexibility index (Phi) is 6.13. The summed E-state index contributed by atoms with van der Waals surface area (Å²) in [6.07, 6.45) is 6.42. The van der Waals surface area contributed by atoms with E-state index < -0.39 is 5.97 Å². The lowest BCUT2D eigenvalue weighted by molar-refractivity contribution is -0.145. The highest BCUT2D eigenvalue weighted by Gasteiger charge is 2.59. The molecule has 9 heteroatoms. The monoisotopic (exact) mass is 490 g/mol. The Balaban J connectivity index is 1.52. The van der Waals surface area contributed by atoms with Crippen LogP contribution in [0, 0.1) is 23.7 Å². The van der Waals surface area contributed by atoms with Crippen molar-refractivity contribution >= 4 is 39.9 Å². The first-order chi connectivity index (χ1) is 14.9. The van der Waals surface area contributed by atoms with Gasteiger partial charge < -0.3 is 14.2 Å². The second-order valence-electron chi connectivity index (χ2n) is 7.59. The number of nitrogens with zero attached hydrogens (tertiary/aromatic N) is 2. The van der Waals surface area contributed by atoms with Crippen LogP contribution in [0.1, 0.15) is 25.8 Å². The number of benzene rings is 1. The molecule has 1 aliphatic heterocycles. The molecule has 164 valence electrons. The first kappa shape index (κ1) is 21.5. The van der Waals surface area contributed by atoms with E-state index >= 15 is 0 Å². The van der Waals surface area contributed by atoms with E-state index in [0.29, 0.717) is 28.1 Å². The van der Waals surface area contributed by atoms with Crippen molar-refractivity contribution in [2.45, 2.75) is 20.3 Å². The number of ether oxygens (including phenoxy) is 3. The van der Waals surface area contributed by atoms with Gasteiger partial charge in [-0.1, -0.05) is 12.2 Å². The maximum Gasteiger partial charge on any atom is 0.344 e. The van der Waals surface area contributed by atoms with Crippen molar-refractivity contribution in [1.82, 2.24) is 5.01 Å². The number of carbonyl (C=O) groups is 3. The molecule has 1 saturated heterocycles. The van der Waals surface area contributed by atoms with E-state index in [-0.39, 0.29) is 48.7 Å². The van der Waals surface area contributed by atoms with E-state index in [1.807, 2.05) is 19.1 Å². The van der Waals surface area contributed by atoms with Crippen LogP contribution in [-0.2, 0) is 19.1 Å². The molecule has 1 aromatic rings. The third kappa shape index (κ3) is 3.98. The van der Waals surface area contributed by atoms with Gasteiger partial charge in [0.05, 0.1) is 35.7 Å². The maximum absolute atomic E-state index is 12.8. The number of hydrogen-bond acceptors (Lipinski definition) is 7. The fraction of sp³-hybridized carbons (Fsp3) is 0.455. The lowest BCUT2D eigenvalue weighted by Gasteiger charge is -2.14. The number of amides is 2. The molecule has 1 aromatic carbocycles. The predicted molar refractivity (Wildman–Crippen MR) is 115 cm³/mol. The molecule has 1 heterocycles. The number of hydrogen-bond donors (Lipinski definition) is 0. The number of hydrazone groups is 1. The summed E-state index contributed by atoms with van der Waals surface area (Å²) in [4.78, 5) is 37.1. The summed E-state index contributed by atoms with van der Waals surface area (Å²) in [7, 11) is 0. The fourth-order valence-corrected chi connectivity index (χ4v) is 5.10. The van der Waals surface area contributed by atoms with Crippen molar-refractivity contribution in [3.63, 3.8) is 0 Å². The summed E-state index contributed by atoms with van der Waals surface area (Å²) in [5.74, 6) is -0.487. The van der Waals surface area contributed by atoms with Gasteiger partial charge in [-0.2, -0.15) is 10.1 Å². The molecule has 4 rings (SSSR count). The van der Waals surface area contributed by atoms with Crippen molar-refractivity contribution < 1.29 is 28.6 Å². The standard InChI is InChI=1S/C22H23BrN2O6/c1-3-29-16-8-12(7-15(23)20(16)31-11-17(26)30-4-2)10-24-25-21(27)18-13-5-6-14(9-13)19(18)22(25)28/h5-8,10,13-14,18-19H,3-4,9,11H2,1-2H3/t13-,14-,18-,19+/m0/s1. The quantitative estimate of drug-likeness (QED) is 0.240. The van der Waals surface area contributed by atoms with Gasteiger partial charge in [-0.25, -0.2) is 4.79 Å². The van der Waals surface area contributed by atoms with Gasteiger partial charge in [0.15, 0.2) is 18.1 Å². The topological polar surface area (TPSA) is 94.5 Å². The maximum atomic E-state index is 12.8. The third-order valence-corrected chi connectivity index (χ3v) is 6.33. The second kappa shape index (κ2) is 8.82. The zero-order chi connectivity index (χ0) is 22.1. The van der Waals surface area contributed by atoms with Gasteiger partial charge in [-0.15, -0.1) is 0 Å². The number of rotatable bonds is 8. The normalized spacial score (nSPS) is 26.1. The first-order valence-electron chi connectivity index (χ1n) is 10.3. The molecule has 2 bridgehead atoms. The Morgan fingerprint density at radius 1 is 1.13 bits per heavy atom. The lowest BCUT2D eigenvalue weighted by Crippen LogP contribution is -2.28. The highest BCUT2D eigenvalue weighted by atomic mass is 79.9. The van der Waals surface area contributed by atoms with E-state index in [4.69, 9.17) is 14.2 Å². The van der Waals surface area contributed by atoms with Crippen molar-refractivity contribution in [1.29, 1.82) is 0 Å². The summed E-state index contributed by atoms with van der Waals surface area (Å²) < 4.78 is 16.6. The number of imide groups is 1. The van der Waals surface area contributed by atoms with Crippen molar-refractivity contribution in [3.05, 3.63) is 34.3 Å². The van der Waals surface area contributed by atoms with E-state index in [2.05, 4.69) is 21.0 Å². The van der Waals surface area contributed by atoms with Gasteiger partial charge in [0.1, 0.15) is 0 Å². The Hall–Kier alpha value is -2.68. The van der Waals surface area contributed by atoms with E-state index in [0.717, 1.165) is 11.4 Å². The van der Waals surface area contributed by atoms with Gasteiger partial charge in [0.2, 0.25) is 0 Å². The largest absolute Gasteiger partial charge is 0.490 e. The Labute approximate surface area is 188 Å². The molecule has 2 aliphatic carbocycles. The Morgan fingerprint density at radius 3 is 2.42 bits per heavy atom. The molecular weight excluding hydrogens is 468 g/mol. The minimum atomic E-state index is -0.484. The fourth-order valence-electron chi connectivity index (χ4n) is 4.52. The van der Waals surface area contributed by atoms with Crippen LogP contribution in [-0.4, -0.2) is 48.8 Å². The molecule has 0 unspecified atom stereocenters. The second-order valence-corrected chi connectivity index (χ2v) is 8.44. The van der Waals surface area contributed by atoms with Gasteiger partial charge in [0, 0.05) is 0 Å². The SMILES string of the molecule is CCOC(=O)COc1c(Br)cc(C=NN2C(=O)[C@@H]3[C@H](C2=O)[C@H]2C=C[C@H]3C2)cc1OCC. The summed E-state index contributed by atoms with van der Waals surface area (Å²) in [6.45, 7) is 3.94. The molecule has 0 aromatic heterocycles. The molecule has 8 nitrogen and oxygen atoms in total. The highest BCUT2D eigenvalue weighted by molar-refractivity contribution is 9.10. The summed E-state index contributed by atoms with van der Waals surface area (Å²) >= 11 is 3.42. The molecule has 3 aliphatic rings. The van der Waals surface area contributed by atoms with Gasteiger partial charge in [0.25, 0.3) is 11.8 Å². The van der Waals surface area contributed by atoms with Crippen LogP contribution in [0.3, 0.4) is 0 Å². The van der Waals surface area contributed by atoms with Crippen LogP contribution in [0.2, 0.25) is 0 Å². The molecule has 31 heavy (non-hydrogen) atoms. The third-order valence-electron chi connectivity index (χ3n) is 5.74. The zero-order valence-corrected chi connectivity index (χ0v) is 18.8. The van der Waals surface area contributed by atoms with Gasteiger partial charge in [-0.3, -0.25) is 9.59 Å². The van der Waals surface area contributed by atoms with Crippen molar-refractivity contribution in [2.24, 2.45) is 28.8 Å². The highest BCUT2D eigenvalue weighted by Crippen LogP contribution is 2.52. The van der Waals surface area contributed by atoms with E-state index in [1.54, 1.807) is 19.1 Å². The van der Waals surface area contributed by atoms with Crippen LogP contribution in [0.4, 0.5) is 0 Å². The summed E-state index contributed by atoms with van der Waals surface area (Å²) in [5, 5.41) is 5.20. The molecule has 0 N–H and O–H groups in total. The van der Waals surface area contributed by atoms with Crippen LogP contribution in [0.5, 0.6) is 11.5 Å². The number of halogens is 1. The summed E-state index contributed by atoms with van der Waals surface area (Å²) in [5.41, 5.74) is 0.609. The average molecular weight is 491 g/mol. The first-order valence-corrected chi connectivity index (χ1v) is 11.1. The molecule has 2 amide bonds. The summed E-state index contributed by atoms with van der Waals surface area (Å²) in [6, 6.07) is 3.39. The van der Waals surface area contributed by atoms with Crippen LogP contribution < -0.4 is 9.47 Å². The predicted octanol–water partition coefficient (Wildman–Crippen LogP) is 2.93. The van der Waals surface area contributed by atoms with Gasteiger partial charge in [-0.05, 0) is 65.7 Å². The Morgan fingerprint density at radius 2 is 1.81 bits per heavy atom. The van der Waals surface area contributed by atoms with Crippen molar-refractivity contribution in [3.8, 4) is 11.5 Å². The smallest absolute Gasteiger partial charge is 0.344 e. The minimum Gasteiger partial charge on any atom is -0.490 e. The number of allylic oxidation sites excluding steroid dienone is 2. The van der Waals surface area contributed by atoms with E-state index in [1.165, 1.54) is 6.21 Å². The van der Waals surface area contributed by atoms with E-state index in [9.17, 15) is 14.4 Å². The zero-order valence-electron chi connectivity index (χ0n) is 17.2. The van der Waals surface area contributed by atoms with Crippen LogP contribution in [0.25, 0.3) is 0 Å². The Bertz CT molecular complexity index is 945. The molecule has 0 radical (unpaired) electrons. The molecular formula is C22H23BrN2O6. The average Bonchev–Trinajstić information content (AvgIpc) is 3.41. The molecule has 2 fully saturated rings.